The Morgan fingerprint density at radius 1 is 0.926 bits per heavy atom. The van der Waals surface area contributed by atoms with Gasteiger partial charge >= 0.3 is 0 Å². The van der Waals surface area contributed by atoms with Crippen molar-refractivity contribution in [1.29, 1.82) is 0 Å². The summed E-state index contributed by atoms with van der Waals surface area (Å²) in [5, 5.41) is 15.3. The van der Waals surface area contributed by atoms with Gasteiger partial charge in [-0.25, -0.2) is 5.43 Å². The van der Waals surface area contributed by atoms with Crippen molar-refractivity contribution in [3.63, 3.8) is 0 Å². The summed E-state index contributed by atoms with van der Waals surface area (Å²) >= 11 is 1.66. The Balaban J connectivity index is 1.84. The maximum atomic E-state index is 12.9. The number of thioether (sulfide) groups is 1. The van der Waals surface area contributed by atoms with Crippen LogP contribution < -0.4 is 5.43 Å². The third-order valence-electron chi connectivity index (χ3n) is 4.21. The third kappa shape index (κ3) is 4.27. The monoisotopic (exact) mass is 376 g/mol. The molecule has 0 aliphatic rings. The molecule has 136 valence electrons. The molecule has 0 aromatic heterocycles. The average Bonchev–Trinajstić information content (AvgIpc) is 2.74. The molecule has 1 amide bonds. The Kier molecular flexibility index (Phi) is 6.06. The van der Waals surface area contributed by atoms with Crippen molar-refractivity contribution in [2.45, 2.75) is 10.5 Å². The maximum Gasteiger partial charge on any atom is 0.281 e. The normalized spacial score (nSPS) is 11.5. The number of carbonyl (C=O) groups is 1. The van der Waals surface area contributed by atoms with E-state index >= 15 is 0 Å². The minimum atomic E-state index is -1.83. The fraction of sp³-hybridized carbons (Fsp3) is 0.0909. The zero-order valence-electron chi connectivity index (χ0n) is 14.9. The van der Waals surface area contributed by atoms with E-state index in [0.29, 0.717) is 11.1 Å². The number of hydrogen-bond acceptors (Lipinski definition) is 4. The summed E-state index contributed by atoms with van der Waals surface area (Å²) in [5.74, 6) is -0.614. The Hall–Kier alpha value is -2.89. The molecule has 0 saturated carbocycles. The minimum absolute atomic E-state index is 0.480. The van der Waals surface area contributed by atoms with Gasteiger partial charge in [0.2, 0.25) is 0 Å². The first-order chi connectivity index (χ1) is 13.1. The second-order valence-electron chi connectivity index (χ2n) is 5.91. The first-order valence-corrected chi connectivity index (χ1v) is 9.68. The maximum absolute atomic E-state index is 12.9. The van der Waals surface area contributed by atoms with E-state index in [9.17, 15) is 9.90 Å². The smallest absolute Gasteiger partial charge is 0.281 e. The number of nitrogens with one attached hydrogen (secondary N) is 1. The molecule has 3 aromatic carbocycles. The number of nitrogens with zero attached hydrogens (tertiary/aromatic N) is 1. The Morgan fingerprint density at radius 3 is 1.93 bits per heavy atom. The second-order valence-corrected chi connectivity index (χ2v) is 6.79. The molecule has 0 radical (unpaired) electrons. The summed E-state index contributed by atoms with van der Waals surface area (Å²) < 4.78 is 0. The number of benzene rings is 3. The molecule has 0 unspecified atom stereocenters. The minimum Gasteiger partial charge on any atom is -0.372 e. The van der Waals surface area contributed by atoms with Crippen LogP contribution in [0.25, 0.3) is 0 Å². The van der Waals surface area contributed by atoms with Crippen LogP contribution >= 0.6 is 11.8 Å². The molecule has 0 atom stereocenters. The van der Waals surface area contributed by atoms with Gasteiger partial charge in [-0.1, -0.05) is 72.8 Å². The van der Waals surface area contributed by atoms with Crippen LogP contribution in [0.5, 0.6) is 0 Å². The summed E-state index contributed by atoms with van der Waals surface area (Å²) in [7, 11) is 0. The van der Waals surface area contributed by atoms with Gasteiger partial charge in [-0.15, -0.1) is 11.8 Å². The molecular formula is C22H20N2O2S. The number of carbonyl (C=O) groups excluding carboxylic acids is 1. The molecule has 3 aromatic rings. The second kappa shape index (κ2) is 8.66. The van der Waals surface area contributed by atoms with E-state index in [0.717, 1.165) is 10.5 Å². The molecule has 3 rings (SSSR count). The average molecular weight is 376 g/mol. The first-order valence-electron chi connectivity index (χ1n) is 8.45. The molecule has 5 heteroatoms. The highest BCUT2D eigenvalue weighted by Gasteiger charge is 2.39. The summed E-state index contributed by atoms with van der Waals surface area (Å²) in [6.07, 6.45) is 3.57. The molecular weight excluding hydrogens is 356 g/mol. The molecule has 27 heavy (non-hydrogen) atoms. The summed E-state index contributed by atoms with van der Waals surface area (Å²) in [6, 6.07) is 25.5. The molecule has 0 saturated heterocycles. The zero-order chi connectivity index (χ0) is 19.1. The number of amides is 1. The fourth-order valence-corrected chi connectivity index (χ4v) is 3.13. The largest absolute Gasteiger partial charge is 0.372 e. The SMILES string of the molecule is CSc1ccc(/C=N\NC(=O)C(O)(c2ccccc2)c2ccccc2)cc1. The van der Waals surface area contributed by atoms with Crippen molar-refractivity contribution in [3.05, 3.63) is 102 Å². The number of aliphatic hydroxyl groups is 1. The topological polar surface area (TPSA) is 61.7 Å². The lowest BCUT2D eigenvalue weighted by atomic mass is 9.85. The van der Waals surface area contributed by atoms with Gasteiger partial charge in [0.25, 0.3) is 5.91 Å². The van der Waals surface area contributed by atoms with E-state index in [-0.39, 0.29) is 0 Å². The molecule has 0 fully saturated rings. The van der Waals surface area contributed by atoms with E-state index in [1.54, 1.807) is 66.5 Å². The van der Waals surface area contributed by atoms with Crippen LogP contribution in [0.3, 0.4) is 0 Å². The van der Waals surface area contributed by atoms with Crippen LogP contribution in [0.2, 0.25) is 0 Å². The zero-order valence-corrected chi connectivity index (χ0v) is 15.7. The predicted octanol–water partition coefficient (Wildman–Crippen LogP) is 3.79. The van der Waals surface area contributed by atoms with Gasteiger partial charge in [0.15, 0.2) is 5.60 Å². The van der Waals surface area contributed by atoms with Crippen LogP contribution in [0.4, 0.5) is 0 Å². The van der Waals surface area contributed by atoms with Crippen LogP contribution in [0.1, 0.15) is 16.7 Å². The standard InChI is InChI=1S/C22H20N2O2S/c1-27-20-14-12-17(13-15-20)16-23-24-21(25)22(26,18-8-4-2-5-9-18)19-10-6-3-7-11-19/h2-16,26H,1H3,(H,24,25)/b23-16-. The first kappa shape index (κ1) is 18.9. The summed E-state index contributed by atoms with van der Waals surface area (Å²) in [4.78, 5) is 14.0. The summed E-state index contributed by atoms with van der Waals surface area (Å²) in [6.45, 7) is 0. The van der Waals surface area contributed by atoms with Crippen LogP contribution in [0.15, 0.2) is 94.9 Å². The van der Waals surface area contributed by atoms with Crippen LogP contribution in [-0.2, 0) is 10.4 Å². The third-order valence-corrected chi connectivity index (χ3v) is 4.95. The Labute approximate surface area is 162 Å². The van der Waals surface area contributed by atoms with E-state index in [1.165, 1.54) is 0 Å². The Morgan fingerprint density at radius 2 is 1.44 bits per heavy atom. The van der Waals surface area contributed by atoms with E-state index in [4.69, 9.17) is 0 Å². The van der Waals surface area contributed by atoms with Gasteiger partial charge in [0, 0.05) is 4.90 Å². The number of hydrazone groups is 1. The summed E-state index contributed by atoms with van der Waals surface area (Å²) in [5.41, 5.74) is 2.46. The predicted molar refractivity (Wildman–Crippen MR) is 110 cm³/mol. The number of rotatable bonds is 6. The molecule has 2 N–H and O–H groups in total. The lowest BCUT2D eigenvalue weighted by Crippen LogP contribution is -2.43. The molecule has 0 heterocycles. The molecule has 0 aliphatic heterocycles. The van der Waals surface area contributed by atoms with Crippen LogP contribution in [0, 0.1) is 0 Å². The lowest BCUT2D eigenvalue weighted by molar-refractivity contribution is -0.136. The highest BCUT2D eigenvalue weighted by molar-refractivity contribution is 7.98. The van der Waals surface area contributed by atoms with E-state index in [2.05, 4.69) is 10.5 Å². The van der Waals surface area contributed by atoms with Crippen molar-refractivity contribution in [1.82, 2.24) is 5.43 Å². The fourth-order valence-electron chi connectivity index (χ4n) is 2.72. The van der Waals surface area contributed by atoms with Crippen molar-refractivity contribution in [2.24, 2.45) is 5.10 Å². The van der Waals surface area contributed by atoms with Gasteiger partial charge in [0.05, 0.1) is 6.21 Å². The molecule has 0 aliphatic carbocycles. The Bertz CT molecular complexity index is 871. The van der Waals surface area contributed by atoms with Gasteiger partial charge in [-0.2, -0.15) is 5.10 Å². The number of hydrogen-bond donors (Lipinski definition) is 2. The van der Waals surface area contributed by atoms with Gasteiger partial charge in [-0.05, 0) is 35.1 Å². The lowest BCUT2D eigenvalue weighted by Gasteiger charge is -2.27. The van der Waals surface area contributed by atoms with Crippen molar-refractivity contribution in [2.75, 3.05) is 6.26 Å². The molecule has 0 bridgehead atoms. The van der Waals surface area contributed by atoms with Crippen LogP contribution in [-0.4, -0.2) is 23.5 Å². The molecule has 4 nitrogen and oxygen atoms in total. The van der Waals surface area contributed by atoms with Gasteiger partial charge in [0.1, 0.15) is 0 Å². The van der Waals surface area contributed by atoms with Gasteiger partial charge < -0.3 is 5.11 Å². The molecule has 0 spiro atoms. The van der Waals surface area contributed by atoms with Gasteiger partial charge in [-0.3, -0.25) is 4.79 Å². The quantitative estimate of drug-likeness (QED) is 0.391. The highest BCUT2D eigenvalue weighted by atomic mass is 32.2. The van der Waals surface area contributed by atoms with E-state index < -0.39 is 11.5 Å². The van der Waals surface area contributed by atoms with Crippen molar-refractivity contribution >= 4 is 23.9 Å². The highest BCUT2D eigenvalue weighted by Crippen LogP contribution is 2.29. The van der Waals surface area contributed by atoms with Crippen molar-refractivity contribution in [3.8, 4) is 0 Å². The van der Waals surface area contributed by atoms with E-state index in [1.807, 2.05) is 42.7 Å². The van der Waals surface area contributed by atoms with Crippen molar-refractivity contribution < 1.29 is 9.90 Å².